The first-order chi connectivity index (χ1) is 20.9. The molecule has 0 fully saturated rings. The van der Waals surface area contributed by atoms with Crippen LogP contribution < -0.4 is 19.1 Å². The van der Waals surface area contributed by atoms with Gasteiger partial charge in [-0.15, -0.1) is 0 Å². The number of ether oxygens (including phenoxy) is 2. The zero-order valence-corrected chi connectivity index (χ0v) is 28.1. The Balaban J connectivity index is 2.12. The standard InChI is InChI=1S/C32H39Cl2N3O6S/c1-7-22(4)35-32(39)28(8-2)36(19-23-11-12-24(33)17-27(23)34)31(38)20-37(25-13-9-21(3)10-14-25)44(40,41)26-15-16-29(42-5)30(18-26)43-6/h9-18,22,28H,7-8,19-20H2,1-6H3,(H,35,39)/t22-,28-/m0/s1. The van der Waals surface area contributed by atoms with Gasteiger partial charge >= 0.3 is 0 Å². The summed E-state index contributed by atoms with van der Waals surface area (Å²) >= 11 is 12.6. The molecule has 0 unspecified atom stereocenters. The van der Waals surface area contributed by atoms with Gasteiger partial charge in [0.05, 0.1) is 24.8 Å². The van der Waals surface area contributed by atoms with Crippen molar-refractivity contribution >= 4 is 50.7 Å². The SMILES string of the molecule is CC[C@H](C)NC(=O)[C@H](CC)N(Cc1ccc(Cl)cc1Cl)C(=O)CN(c1ccc(C)cc1)S(=O)(=O)c1ccc(OC)c(OC)c1. The number of nitrogens with zero attached hydrogens (tertiary/aromatic N) is 2. The molecule has 0 spiro atoms. The van der Waals surface area contributed by atoms with Gasteiger partial charge in [-0.3, -0.25) is 13.9 Å². The van der Waals surface area contributed by atoms with Gasteiger partial charge in [-0.25, -0.2) is 8.42 Å². The molecule has 2 amide bonds. The molecule has 238 valence electrons. The highest BCUT2D eigenvalue weighted by atomic mass is 35.5. The summed E-state index contributed by atoms with van der Waals surface area (Å²) in [4.78, 5) is 29.0. The van der Waals surface area contributed by atoms with Gasteiger partial charge in [-0.05, 0) is 68.7 Å². The van der Waals surface area contributed by atoms with Crippen molar-refractivity contribution in [1.29, 1.82) is 0 Å². The van der Waals surface area contributed by atoms with E-state index in [1.54, 1.807) is 49.4 Å². The molecule has 0 heterocycles. The average Bonchev–Trinajstić information content (AvgIpc) is 3.00. The molecule has 0 aromatic heterocycles. The molecular formula is C32H39Cl2N3O6S. The van der Waals surface area contributed by atoms with E-state index in [2.05, 4.69) is 5.32 Å². The van der Waals surface area contributed by atoms with Crippen LogP contribution in [0.5, 0.6) is 11.5 Å². The van der Waals surface area contributed by atoms with Crippen molar-refractivity contribution in [3.05, 3.63) is 81.8 Å². The number of rotatable bonds is 14. The molecule has 0 aliphatic rings. The van der Waals surface area contributed by atoms with E-state index in [9.17, 15) is 18.0 Å². The Morgan fingerprint density at radius 1 is 0.909 bits per heavy atom. The maximum absolute atomic E-state index is 14.3. The van der Waals surface area contributed by atoms with Crippen LogP contribution in [-0.4, -0.2) is 58.0 Å². The van der Waals surface area contributed by atoms with Crippen molar-refractivity contribution < 1.29 is 27.5 Å². The smallest absolute Gasteiger partial charge is 0.264 e. The molecular weight excluding hydrogens is 625 g/mol. The first kappa shape index (κ1) is 35.0. The van der Waals surface area contributed by atoms with Crippen LogP contribution >= 0.6 is 23.2 Å². The Bertz CT molecular complexity index is 1570. The molecule has 12 heteroatoms. The predicted octanol–water partition coefficient (Wildman–Crippen LogP) is 6.24. The number of anilines is 1. The summed E-state index contributed by atoms with van der Waals surface area (Å²) in [6, 6.07) is 14.9. The third kappa shape index (κ3) is 8.37. The van der Waals surface area contributed by atoms with E-state index >= 15 is 0 Å². The number of benzene rings is 3. The average molecular weight is 665 g/mol. The number of amides is 2. The number of carbonyl (C=O) groups is 2. The van der Waals surface area contributed by atoms with Gasteiger partial charge in [0, 0.05) is 28.7 Å². The Hall–Kier alpha value is -3.47. The van der Waals surface area contributed by atoms with E-state index < -0.39 is 28.5 Å². The molecule has 3 aromatic carbocycles. The highest BCUT2D eigenvalue weighted by Crippen LogP contribution is 2.33. The molecule has 0 bridgehead atoms. The summed E-state index contributed by atoms with van der Waals surface area (Å²) in [6.07, 6.45) is 0.982. The molecule has 0 radical (unpaired) electrons. The van der Waals surface area contributed by atoms with E-state index in [-0.39, 0.29) is 41.2 Å². The largest absolute Gasteiger partial charge is 0.493 e. The number of carbonyl (C=O) groups excluding carboxylic acids is 2. The van der Waals surface area contributed by atoms with E-state index in [4.69, 9.17) is 32.7 Å². The van der Waals surface area contributed by atoms with Crippen LogP contribution in [0.1, 0.15) is 44.7 Å². The van der Waals surface area contributed by atoms with Gasteiger partial charge in [0.2, 0.25) is 11.8 Å². The molecule has 0 aliphatic carbocycles. The number of hydrogen-bond acceptors (Lipinski definition) is 6. The van der Waals surface area contributed by atoms with Gasteiger partial charge < -0.3 is 19.7 Å². The Labute approximate surface area is 270 Å². The number of sulfonamides is 1. The molecule has 0 aliphatic heterocycles. The van der Waals surface area contributed by atoms with Crippen LogP contribution in [0.15, 0.2) is 65.6 Å². The number of nitrogens with one attached hydrogen (secondary N) is 1. The van der Waals surface area contributed by atoms with Crippen molar-refractivity contribution in [2.75, 3.05) is 25.1 Å². The first-order valence-electron chi connectivity index (χ1n) is 14.2. The van der Waals surface area contributed by atoms with Crippen LogP contribution in [0, 0.1) is 6.92 Å². The monoisotopic (exact) mass is 663 g/mol. The van der Waals surface area contributed by atoms with Crippen LogP contribution in [-0.2, 0) is 26.2 Å². The minimum atomic E-state index is -4.31. The van der Waals surface area contributed by atoms with E-state index in [0.717, 1.165) is 9.87 Å². The van der Waals surface area contributed by atoms with Gasteiger partial charge in [-0.2, -0.15) is 0 Å². The lowest BCUT2D eigenvalue weighted by Crippen LogP contribution is -2.53. The quantitative estimate of drug-likeness (QED) is 0.219. The van der Waals surface area contributed by atoms with Gasteiger partial charge in [0.25, 0.3) is 10.0 Å². The summed E-state index contributed by atoms with van der Waals surface area (Å²) in [5, 5.41) is 3.69. The number of aryl methyl sites for hydroxylation is 1. The Morgan fingerprint density at radius 3 is 2.14 bits per heavy atom. The van der Waals surface area contributed by atoms with Crippen molar-refractivity contribution in [3.8, 4) is 11.5 Å². The zero-order valence-electron chi connectivity index (χ0n) is 25.8. The molecule has 44 heavy (non-hydrogen) atoms. The highest BCUT2D eigenvalue weighted by Gasteiger charge is 2.34. The fourth-order valence-electron chi connectivity index (χ4n) is 4.54. The molecule has 1 N–H and O–H groups in total. The minimum absolute atomic E-state index is 0.0422. The summed E-state index contributed by atoms with van der Waals surface area (Å²) in [5.74, 6) is -0.360. The lowest BCUT2D eigenvalue weighted by atomic mass is 10.1. The second kappa shape index (κ2) is 15.5. The minimum Gasteiger partial charge on any atom is -0.493 e. The van der Waals surface area contributed by atoms with Crippen LogP contribution in [0.25, 0.3) is 0 Å². The maximum atomic E-state index is 14.3. The van der Waals surface area contributed by atoms with Crippen LogP contribution in [0.2, 0.25) is 10.0 Å². The maximum Gasteiger partial charge on any atom is 0.264 e. The van der Waals surface area contributed by atoms with Crippen molar-refractivity contribution in [2.45, 2.75) is 64.1 Å². The van der Waals surface area contributed by atoms with Gasteiger partial charge in [0.1, 0.15) is 12.6 Å². The zero-order chi connectivity index (χ0) is 32.6. The van der Waals surface area contributed by atoms with Gasteiger partial charge in [-0.1, -0.05) is 60.8 Å². The van der Waals surface area contributed by atoms with Gasteiger partial charge in [0.15, 0.2) is 11.5 Å². The summed E-state index contributed by atoms with van der Waals surface area (Å²) < 4.78 is 40.0. The molecule has 2 atom stereocenters. The topological polar surface area (TPSA) is 105 Å². The van der Waals surface area contributed by atoms with Crippen LogP contribution in [0.4, 0.5) is 5.69 Å². The summed E-state index contributed by atoms with van der Waals surface area (Å²) in [5.41, 5.74) is 1.75. The number of methoxy groups -OCH3 is 2. The van der Waals surface area contributed by atoms with Crippen molar-refractivity contribution in [2.24, 2.45) is 0 Å². The lowest BCUT2D eigenvalue weighted by molar-refractivity contribution is -0.140. The Morgan fingerprint density at radius 2 is 1.57 bits per heavy atom. The number of hydrogen-bond donors (Lipinski definition) is 1. The molecule has 0 saturated carbocycles. The normalized spacial score (nSPS) is 12.6. The predicted molar refractivity (Wildman–Crippen MR) is 174 cm³/mol. The Kier molecular flexibility index (Phi) is 12.3. The van der Waals surface area contributed by atoms with Crippen LogP contribution in [0.3, 0.4) is 0 Å². The fraction of sp³-hybridized carbons (Fsp3) is 0.375. The number of halogens is 2. The lowest BCUT2D eigenvalue weighted by Gasteiger charge is -2.34. The van der Waals surface area contributed by atoms with Crippen molar-refractivity contribution in [1.82, 2.24) is 10.2 Å². The molecule has 3 rings (SSSR count). The molecule has 9 nitrogen and oxygen atoms in total. The van der Waals surface area contributed by atoms with E-state index in [1.165, 1.54) is 37.3 Å². The van der Waals surface area contributed by atoms with E-state index in [0.29, 0.717) is 27.8 Å². The first-order valence-corrected chi connectivity index (χ1v) is 16.4. The highest BCUT2D eigenvalue weighted by molar-refractivity contribution is 7.92. The third-order valence-electron chi connectivity index (χ3n) is 7.29. The second-order valence-corrected chi connectivity index (χ2v) is 13.1. The molecule has 3 aromatic rings. The van der Waals surface area contributed by atoms with E-state index in [1.807, 2.05) is 20.8 Å². The summed E-state index contributed by atoms with van der Waals surface area (Å²) in [7, 11) is -1.45. The second-order valence-electron chi connectivity index (χ2n) is 10.4. The van der Waals surface area contributed by atoms with Crippen molar-refractivity contribution in [3.63, 3.8) is 0 Å². The fourth-order valence-corrected chi connectivity index (χ4v) is 6.44. The molecule has 0 saturated heterocycles. The summed E-state index contributed by atoms with van der Waals surface area (Å²) in [6.45, 7) is 6.87. The third-order valence-corrected chi connectivity index (χ3v) is 9.64.